The molecule has 1 aliphatic heterocycles. The van der Waals surface area contributed by atoms with Gasteiger partial charge in [0.15, 0.2) is 12.4 Å². The Hall–Kier alpha value is -4.33. The second-order valence-corrected chi connectivity index (χ2v) is 8.64. The first-order valence-corrected chi connectivity index (χ1v) is 10.9. The van der Waals surface area contributed by atoms with Crippen molar-refractivity contribution in [2.75, 3.05) is 11.9 Å². The molecular weight excluding hydrogens is 434 g/mol. The maximum Gasteiger partial charge on any atom is 0.262 e. The zero-order chi connectivity index (χ0) is 23.7. The van der Waals surface area contributed by atoms with Crippen LogP contribution in [0.5, 0.6) is 23.1 Å². The van der Waals surface area contributed by atoms with Gasteiger partial charge < -0.3 is 24.5 Å². The van der Waals surface area contributed by atoms with Gasteiger partial charge in [0.2, 0.25) is 5.88 Å². The number of ether oxygens (including phenoxy) is 3. The Morgan fingerprint density at radius 1 is 1.18 bits per heavy atom. The van der Waals surface area contributed by atoms with Gasteiger partial charge in [-0.1, -0.05) is 6.07 Å². The third-order valence-electron chi connectivity index (χ3n) is 5.39. The van der Waals surface area contributed by atoms with Crippen molar-refractivity contribution in [2.45, 2.75) is 25.9 Å². The van der Waals surface area contributed by atoms with Crippen LogP contribution in [0.15, 0.2) is 67.0 Å². The first-order valence-electron chi connectivity index (χ1n) is 10.9. The predicted octanol–water partition coefficient (Wildman–Crippen LogP) is 5.12. The van der Waals surface area contributed by atoms with Crippen LogP contribution in [0, 0.1) is 0 Å². The number of benzene rings is 2. The van der Waals surface area contributed by atoms with Crippen LogP contribution in [0.2, 0.25) is 0 Å². The average Bonchev–Trinajstić information content (AvgIpc) is 3.28. The van der Waals surface area contributed by atoms with Crippen molar-refractivity contribution < 1.29 is 23.8 Å². The third-order valence-corrected chi connectivity index (χ3v) is 5.39. The largest absolute Gasteiger partial charge is 0.486 e. The van der Waals surface area contributed by atoms with Crippen LogP contribution in [0.3, 0.4) is 0 Å². The van der Waals surface area contributed by atoms with Gasteiger partial charge in [-0.25, -0.2) is 4.98 Å². The molecule has 2 aromatic carbocycles. The van der Waals surface area contributed by atoms with E-state index in [0.717, 1.165) is 10.9 Å². The van der Waals surface area contributed by atoms with Crippen molar-refractivity contribution in [3.05, 3.63) is 72.6 Å². The van der Waals surface area contributed by atoms with Crippen LogP contribution in [0.1, 0.15) is 30.6 Å². The van der Waals surface area contributed by atoms with Crippen LogP contribution in [0.4, 0.5) is 5.69 Å². The number of nitrogens with one attached hydrogen (secondary N) is 2. The number of H-pyrrole nitrogens is 1. The van der Waals surface area contributed by atoms with E-state index in [-0.39, 0.29) is 18.3 Å². The molecule has 2 aromatic heterocycles. The molecule has 8 heteroatoms. The zero-order valence-corrected chi connectivity index (χ0v) is 18.8. The second kappa shape index (κ2) is 8.55. The van der Waals surface area contributed by atoms with E-state index < -0.39 is 5.60 Å². The lowest BCUT2D eigenvalue weighted by molar-refractivity contribution is -0.118. The van der Waals surface area contributed by atoms with Gasteiger partial charge in [-0.2, -0.15) is 0 Å². The highest BCUT2D eigenvalue weighted by Crippen LogP contribution is 2.35. The van der Waals surface area contributed by atoms with E-state index in [2.05, 4.69) is 15.3 Å². The summed E-state index contributed by atoms with van der Waals surface area (Å²) >= 11 is 0. The number of amides is 1. The Balaban J connectivity index is 1.18. The topological polar surface area (TPSA) is 103 Å². The lowest BCUT2D eigenvalue weighted by atomic mass is 9.93. The summed E-state index contributed by atoms with van der Waals surface area (Å²) in [4.78, 5) is 32.0. The van der Waals surface area contributed by atoms with Gasteiger partial charge in [-0.05, 0) is 50.2 Å². The lowest BCUT2D eigenvalue weighted by Gasteiger charge is -2.31. The van der Waals surface area contributed by atoms with E-state index in [4.69, 9.17) is 14.2 Å². The Labute approximate surface area is 195 Å². The van der Waals surface area contributed by atoms with Gasteiger partial charge in [0.25, 0.3) is 5.91 Å². The molecule has 0 aliphatic carbocycles. The molecular formula is C26H23N3O5. The maximum atomic E-state index is 12.3. The molecule has 34 heavy (non-hydrogen) atoms. The number of aromatic nitrogens is 2. The first kappa shape index (κ1) is 21.5. The van der Waals surface area contributed by atoms with E-state index in [1.165, 1.54) is 6.20 Å². The number of carbonyl (C=O) groups excluding carboxylic acids is 2. The van der Waals surface area contributed by atoms with Gasteiger partial charge >= 0.3 is 0 Å². The molecule has 8 nitrogen and oxygen atoms in total. The number of rotatable bonds is 6. The monoisotopic (exact) mass is 457 g/mol. The molecule has 0 saturated heterocycles. The minimum atomic E-state index is -0.572. The summed E-state index contributed by atoms with van der Waals surface area (Å²) in [6, 6.07) is 16.0. The van der Waals surface area contributed by atoms with Gasteiger partial charge in [0, 0.05) is 29.2 Å². The number of hydrogen-bond acceptors (Lipinski definition) is 6. The van der Waals surface area contributed by atoms with Crippen molar-refractivity contribution in [1.29, 1.82) is 0 Å². The summed E-state index contributed by atoms with van der Waals surface area (Å²) in [5.41, 5.74) is 1.44. The quantitative estimate of drug-likeness (QED) is 0.417. The number of anilines is 1. The standard InChI is InChI=1S/C26H23N3O5/c1-26(2)13-21(30)19-8-7-17(12-23(19)34-26)32-15-24(31)29-16-6-9-25(28-14-16)33-22-5-3-4-20-18(22)10-11-27-20/h3-12,14,27H,13,15H2,1-2H3,(H,29,31). The molecule has 4 aromatic rings. The molecule has 5 rings (SSSR count). The van der Waals surface area contributed by atoms with Gasteiger partial charge in [0.05, 0.1) is 23.9 Å². The highest BCUT2D eigenvalue weighted by Gasteiger charge is 2.32. The van der Waals surface area contributed by atoms with Crippen molar-refractivity contribution in [3.63, 3.8) is 0 Å². The van der Waals surface area contributed by atoms with Crippen molar-refractivity contribution in [1.82, 2.24) is 9.97 Å². The molecule has 1 amide bonds. The molecule has 0 saturated carbocycles. The first-order chi connectivity index (χ1) is 16.4. The molecule has 0 fully saturated rings. The molecule has 0 atom stereocenters. The number of pyridine rings is 1. The van der Waals surface area contributed by atoms with E-state index >= 15 is 0 Å². The lowest BCUT2D eigenvalue weighted by Crippen LogP contribution is -2.35. The summed E-state index contributed by atoms with van der Waals surface area (Å²) in [7, 11) is 0. The zero-order valence-electron chi connectivity index (χ0n) is 18.8. The normalized spacial score (nSPS) is 14.2. The van der Waals surface area contributed by atoms with Crippen LogP contribution in [-0.2, 0) is 4.79 Å². The number of fused-ring (bicyclic) bond motifs is 2. The molecule has 0 spiro atoms. The van der Waals surface area contributed by atoms with Crippen molar-refractivity contribution >= 4 is 28.3 Å². The third kappa shape index (κ3) is 4.56. The second-order valence-electron chi connectivity index (χ2n) is 8.64. The van der Waals surface area contributed by atoms with E-state index in [1.807, 2.05) is 44.3 Å². The van der Waals surface area contributed by atoms with Crippen molar-refractivity contribution in [2.24, 2.45) is 0 Å². The molecule has 0 radical (unpaired) electrons. The van der Waals surface area contributed by atoms with Crippen molar-refractivity contribution in [3.8, 4) is 23.1 Å². The smallest absolute Gasteiger partial charge is 0.262 e. The highest BCUT2D eigenvalue weighted by molar-refractivity contribution is 6.00. The van der Waals surface area contributed by atoms with Crippen LogP contribution in [-0.4, -0.2) is 33.9 Å². The van der Waals surface area contributed by atoms with E-state index in [1.54, 1.807) is 30.3 Å². The fourth-order valence-electron chi connectivity index (χ4n) is 3.84. The summed E-state index contributed by atoms with van der Waals surface area (Å²) in [6.07, 6.45) is 3.69. The number of hydrogen-bond donors (Lipinski definition) is 2. The van der Waals surface area contributed by atoms with Crippen LogP contribution >= 0.6 is 0 Å². The number of ketones is 1. The minimum Gasteiger partial charge on any atom is -0.486 e. The number of nitrogens with zero attached hydrogens (tertiary/aromatic N) is 1. The van der Waals surface area contributed by atoms with E-state index in [0.29, 0.717) is 40.8 Å². The SMILES string of the molecule is CC1(C)CC(=O)c2ccc(OCC(=O)Nc3ccc(Oc4cccc5[nH]ccc45)nc3)cc2O1. The average molecular weight is 457 g/mol. The van der Waals surface area contributed by atoms with Crippen LogP contribution < -0.4 is 19.5 Å². The Morgan fingerprint density at radius 2 is 2.06 bits per heavy atom. The number of aromatic amines is 1. The van der Waals surface area contributed by atoms with Crippen LogP contribution in [0.25, 0.3) is 10.9 Å². The van der Waals surface area contributed by atoms with E-state index in [9.17, 15) is 9.59 Å². The molecule has 0 bridgehead atoms. The van der Waals surface area contributed by atoms with Gasteiger partial charge in [-0.15, -0.1) is 0 Å². The van der Waals surface area contributed by atoms with Gasteiger partial charge in [0.1, 0.15) is 22.8 Å². The maximum absolute atomic E-state index is 12.3. The molecule has 2 N–H and O–H groups in total. The summed E-state index contributed by atoms with van der Waals surface area (Å²) in [6.45, 7) is 3.52. The molecule has 3 heterocycles. The molecule has 0 unspecified atom stereocenters. The molecule has 172 valence electrons. The highest BCUT2D eigenvalue weighted by atomic mass is 16.5. The summed E-state index contributed by atoms with van der Waals surface area (Å²) < 4.78 is 17.4. The minimum absolute atomic E-state index is 0.0280. The number of Topliss-reactive ketones (excluding diaryl/α,β-unsaturated/α-hetero) is 1. The molecule has 1 aliphatic rings. The predicted molar refractivity (Wildman–Crippen MR) is 127 cm³/mol. The number of carbonyl (C=O) groups is 2. The Bertz CT molecular complexity index is 1370. The summed E-state index contributed by atoms with van der Waals surface area (Å²) in [5.74, 6) is 1.70. The Morgan fingerprint density at radius 3 is 2.88 bits per heavy atom. The van der Waals surface area contributed by atoms with Gasteiger partial charge in [-0.3, -0.25) is 9.59 Å². The summed E-state index contributed by atoms with van der Waals surface area (Å²) in [5, 5.41) is 3.70. The Kier molecular flexibility index (Phi) is 5.41. The fourth-order valence-corrected chi connectivity index (χ4v) is 3.84. The fraction of sp³-hybridized carbons (Fsp3) is 0.192.